The molecule has 1 unspecified atom stereocenters. The number of sulfone groups is 1. The zero-order valence-electron chi connectivity index (χ0n) is 15.6. The van der Waals surface area contributed by atoms with Crippen LogP contribution in [0.3, 0.4) is 0 Å². The average Bonchev–Trinajstić information content (AvgIpc) is 2.62. The lowest BCUT2D eigenvalue weighted by atomic mass is 10.1. The Morgan fingerprint density at radius 3 is 2.35 bits per heavy atom. The van der Waals surface area contributed by atoms with Gasteiger partial charge >= 0.3 is 0 Å². The standard InChI is InChI=1S/C22H26O3S/c1-4-8-19(3)22(17-25-16-15-20-9-6-5-7-10-20)26(23,24)21-13-11-18(2)12-14-21/h4-14,17,19H,15-16H2,1-3H3/b8-4+,22-17+. The van der Waals surface area contributed by atoms with Crippen molar-refractivity contribution in [2.45, 2.75) is 32.1 Å². The molecule has 2 aromatic carbocycles. The first kappa shape index (κ1) is 20.0. The Bertz CT molecular complexity index is 848. The Hall–Kier alpha value is -2.33. The van der Waals surface area contributed by atoms with Crippen molar-refractivity contribution in [1.82, 2.24) is 0 Å². The number of hydrogen-bond donors (Lipinski definition) is 0. The van der Waals surface area contributed by atoms with Gasteiger partial charge in [-0.2, -0.15) is 0 Å². The maximum atomic E-state index is 13.0. The van der Waals surface area contributed by atoms with Gasteiger partial charge < -0.3 is 4.74 Å². The second-order valence-corrected chi connectivity index (χ2v) is 8.21. The normalized spacial score (nSPS) is 13.7. The van der Waals surface area contributed by atoms with Gasteiger partial charge in [0.1, 0.15) is 0 Å². The molecule has 4 heteroatoms. The van der Waals surface area contributed by atoms with Crippen molar-refractivity contribution in [3.8, 4) is 0 Å². The molecule has 0 aliphatic heterocycles. The third kappa shape index (κ3) is 5.33. The van der Waals surface area contributed by atoms with Crippen molar-refractivity contribution in [2.75, 3.05) is 6.61 Å². The van der Waals surface area contributed by atoms with Crippen LogP contribution in [0.15, 0.2) is 82.8 Å². The largest absolute Gasteiger partial charge is 0.500 e. The van der Waals surface area contributed by atoms with Crippen LogP contribution in [0.1, 0.15) is 25.0 Å². The van der Waals surface area contributed by atoms with E-state index in [0.29, 0.717) is 6.61 Å². The molecule has 1 atom stereocenters. The summed E-state index contributed by atoms with van der Waals surface area (Å²) in [5.74, 6) is -0.261. The van der Waals surface area contributed by atoms with Crippen LogP contribution < -0.4 is 0 Å². The highest BCUT2D eigenvalue weighted by Crippen LogP contribution is 2.26. The minimum absolute atomic E-state index is 0.261. The predicted molar refractivity (Wildman–Crippen MR) is 107 cm³/mol. The molecular formula is C22H26O3S. The highest BCUT2D eigenvalue weighted by atomic mass is 32.2. The zero-order chi connectivity index (χ0) is 19.0. The summed E-state index contributed by atoms with van der Waals surface area (Å²) in [4.78, 5) is 0.560. The fourth-order valence-electron chi connectivity index (χ4n) is 2.61. The lowest BCUT2D eigenvalue weighted by Crippen LogP contribution is -2.12. The summed E-state index contributed by atoms with van der Waals surface area (Å²) in [6.07, 6.45) is 5.85. The number of rotatable bonds is 8. The zero-order valence-corrected chi connectivity index (χ0v) is 16.4. The molecule has 0 radical (unpaired) electrons. The third-order valence-electron chi connectivity index (χ3n) is 4.12. The summed E-state index contributed by atoms with van der Waals surface area (Å²) < 4.78 is 31.7. The van der Waals surface area contributed by atoms with Gasteiger partial charge in [-0.05, 0) is 31.5 Å². The second kappa shape index (κ2) is 9.39. The van der Waals surface area contributed by atoms with Crippen molar-refractivity contribution >= 4 is 9.84 Å². The Labute approximate surface area is 156 Å². The second-order valence-electron chi connectivity index (χ2n) is 6.26. The molecule has 0 heterocycles. The van der Waals surface area contributed by atoms with Crippen molar-refractivity contribution in [3.05, 3.63) is 89.0 Å². The van der Waals surface area contributed by atoms with Crippen molar-refractivity contribution in [3.63, 3.8) is 0 Å². The van der Waals surface area contributed by atoms with Crippen LogP contribution in [-0.2, 0) is 21.0 Å². The first-order valence-electron chi connectivity index (χ1n) is 8.75. The van der Waals surface area contributed by atoms with E-state index in [0.717, 1.165) is 17.5 Å². The van der Waals surface area contributed by atoms with Crippen LogP contribution in [0, 0.1) is 12.8 Å². The summed E-state index contributed by atoms with van der Waals surface area (Å²) in [5, 5.41) is 0. The number of hydrogen-bond acceptors (Lipinski definition) is 3. The van der Waals surface area contributed by atoms with E-state index >= 15 is 0 Å². The summed E-state index contributed by atoms with van der Waals surface area (Å²) in [5.41, 5.74) is 2.18. The summed E-state index contributed by atoms with van der Waals surface area (Å²) >= 11 is 0. The van der Waals surface area contributed by atoms with Crippen LogP contribution in [-0.4, -0.2) is 15.0 Å². The van der Waals surface area contributed by atoms with Gasteiger partial charge in [0.2, 0.25) is 9.84 Å². The third-order valence-corrected chi connectivity index (χ3v) is 6.10. The Morgan fingerprint density at radius 2 is 1.73 bits per heavy atom. The molecule has 0 aliphatic carbocycles. The Balaban J connectivity index is 2.20. The lowest BCUT2D eigenvalue weighted by molar-refractivity contribution is 0.250. The predicted octanol–water partition coefficient (Wildman–Crippen LogP) is 5.08. The number of ether oxygens (including phenoxy) is 1. The molecule has 2 rings (SSSR count). The highest BCUT2D eigenvalue weighted by Gasteiger charge is 2.25. The number of aryl methyl sites for hydroxylation is 1. The molecule has 0 aliphatic rings. The van der Waals surface area contributed by atoms with Crippen LogP contribution in [0.5, 0.6) is 0 Å². The van der Waals surface area contributed by atoms with Gasteiger partial charge in [0.25, 0.3) is 0 Å². The number of allylic oxidation sites excluding steroid dienone is 3. The van der Waals surface area contributed by atoms with Gasteiger partial charge in [0.05, 0.1) is 22.7 Å². The smallest absolute Gasteiger partial charge is 0.206 e. The fraction of sp³-hybridized carbons (Fsp3) is 0.273. The van der Waals surface area contributed by atoms with Crippen molar-refractivity contribution in [1.29, 1.82) is 0 Å². The molecule has 0 amide bonds. The Morgan fingerprint density at radius 1 is 1.08 bits per heavy atom. The van der Waals surface area contributed by atoms with E-state index in [4.69, 9.17) is 4.74 Å². The molecule has 0 spiro atoms. The topological polar surface area (TPSA) is 43.4 Å². The van der Waals surface area contributed by atoms with Gasteiger partial charge in [-0.1, -0.05) is 67.1 Å². The molecule has 2 aromatic rings. The van der Waals surface area contributed by atoms with Crippen LogP contribution in [0.4, 0.5) is 0 Å². The van der Waals surface area contributed by atoms with E-state index < -0.39 is 9.84 Å². The molecule has 0 aromatic heterocycles. The minimum Gasteiger partial charge on any atom is -0.500 e. The Kier molecular flexibility index (Phi) is 7.22. The molecular weight excluding hydrogens is 344 g/mol. The number of benzene rings is 2. The van der Waals surface area contributed by atoms with Crippen molar-refractivity contribution in [2.24, 2.45) is 5.92 Å². The molecule has 26 heavy (non-hydrogen) atoms. The van der Waals surface area contributed by atoms with E-state index in [2.05, 4.69) is 0 Å². The SMILES string of the molecule is C/C=C/C(C)/C(=C\OCCc1ccccc1)S(=O)(=O)c1ccc(C)cc1. The van der Waals surface area contributed by atoms with Crippen LogP contribution >= 0.6 is 0 Å². The van der Waals surface area contributed by atoms with Gasteiger partial charge in [-0.15, -0.1) is 0 Å². The average molecular weight is 371 g/mol. The van der Waals surface area contributed by atoms with Crippen LogP contribution in [0.25, 0.3) is 0 Å². The van der Waals surface area contributed by atoms with E-state index in [1.54, 1.807) is 24.3 Å². The van der Waals surface area contributed by atoms with Crippen molar-refractivity contribution < 1.29 is 13.2 Å². The molecule has 0 saturated carbocycles. The molecule has 0 N–H and O–H groups in total. The molecule has 0 saturated heterocycles. The van der Waals surface area contributed by atoms with E-state index in [-0.39, 0.29) is 15.7 Å². The van der Waals surface area contributed by atoms with E-state index in [1.807, 2.05) is 63.3 Å². The highest BCUT2D eigenvalue weighted by molar-refractivity contribution is 7.95. The first-order valence-corrected chi connectivity index (χ1v) is 10.2. The molecule has 138 valence electrons. The first-order chi connectivity index (χ1) is 12.4. The maximum Gasteiger partial charge on any atom is 0.206 e. The lowest BCUT2D eigenvalue weighted by Gasteiger charge is -2.14. The molecule has 0 bridgehead atoms. The van der Waals surface area contributed by atoms with Gasteiger partial charge in [0, 0.05) is 12.3 Å². The summed E-state index contributed by atoms with van der Waals surface area (Å²) in [6.45, 7) is 6.10. The van der Waals surface area contributed by atoms with Crippen LogP contribution in [0.2, 0.25) is 0 Å². The van der Waals surface area contributed by atoms with Gasteiger partial charge in [0.15, 0.2) is 0 Å². The van der Waals surface area contributed by atoms with Gasteiger partial charge in [-0.25, -0.2) is 8.42 Å². The monoisotopic (exact) mass is 370 g/mol. The van der Waals surface area contributed by atoms with Gasteiger partial charge in [-0.3, -0.25) is 0 Å². The quantitative estimate of drug-likeness (QED) is 0.370. The summed E-state index contributed by atoms with van der Waals surface area (Å²) in [6, 6.07) is 16.9. The fourth-order valence-corrected chi connectivity index (χ4v) is 4.14. The summed E-state index contributed by atoms with van der Waals surface area (Å²) in [7, 11) is -3.60. The van der Waals surface area contributed by atoms with E-state index in [9.17, 15) is 8.42 Å². The molecule has 0 fully saturated rings. The van der Waals surface area contributed by atoms with E-state index in [1.165, 1.54) is 6.26 Å². The molecule has 3 nitrogen and oxygen atoms in total. The maximum absolute atomic E-state index is 13.0. The minimum atomic E-state index is -3.60.